The van der Waals surface area contributed by atoms with E-state index in [-0.39, 0.29) is 5.41 Å². The van der Waals surface area contributed by atoms with Crippen LogP contribution < -0.4 is 10.6 Å². The van der Waals surface area contributed by atoms with Crippen LogP contribution in [-0.2, 0) is 0 Å². The summed E-state index contributed by atoms with van der Waals surface area (Å²) in [6.07, 6.45) is 3.03. The van der Waals surface area contributed by atoms with Gasteiger partial charge >= 0.3 is 0 Å². The summed E-state index contributed by atoms with van der Waals surface area (Å²) in [4.78, 5) is 6.79. The number of pyridine rings is 1. The van der Waals surface area contributed by atoms with Gasteiger partial charge in [-0.15, -0.1) is 0 Å². The highest BCUT2D eigenvalue weighted by atomic mass is 15.2. The molecule has 82 valence electrons. The molecule has 1 unspecified atom stereocenters. The first kappa shape index (κ1) is 10.4. The zero-order valence-electron chi connectivity index (χ0n) is 9.53. The largest absolute Gasteiger partial charge is 0.356 e. The van der Waals surface area contributed by atoms with E-state index in [0.29, 0.717) is 0 Å². The molecular formula is C12H19N3. The van der Waals surface area contributed by atoms with Crippen LogP contribution in [0.2, 0.25) is 0 Å². The fourth-order valence-corrected chi connectivity index (χ4v) is 2.18. The lowest BCUT2D eigenvalue weighted by molar-refractivity contribution is 0.383. The van der Waals surface area contributed by atoms with E-state index >= 15 is 0 Å². The maximum absolute atomic E-state index is 5.80. The predicted octanol–water partition coefficient (Wildman–Crippen LogP) is 1.57. The Hall–Kier alpha value is -1.09. The van der Waals surface area contributed by atoms with Gasteiger partial charge in [0, 0.05) is 19.3 Å². The monoisotopic (exact) mass is 205 g/mol. The van der Waals surface area contributed by atoms with Crippen molar-refractivity contribution in [1.29, 1.82) is 0 Å². The van der Waals surface area contributed by atoms with E-state index in [4.69, 9.17) is 5.73 Å². The number of rotatable bonds is 2. The molecule has 0 bridgehead atoms. The van der Waals surface area contributed by atoms with Crippen molar-refractivity contribution in [3.8, 4) is 0 Å². The molecule has 1 aliphatic heterocycles. The number of anilines is 1. The van der Waals surface area contributed by atoms with Crippen molar-refractivity contribution in [3.63, 3.8) is 0 Å². The van der Waals surface area contributed by atoms with Gasteiger partial charge in [-0.25, -0.2) is 4.98 Å². The number of aryl methyl sites for hydroxylation is 1. The molecule has 2 N–H and O–H groups in total. The smallest absolute Gasteiger partial charge is 0.131 e. The highest BCUT2D eigenvalue weighted by molar-refractivity contribution is 5.47. The Morgan fingerprint density at radius 1 is 1.60 bits per heavy atom. The fourth-order valence-electron chi connectivity index (χ4n) is 2.18. The van der Waals surface area contributed by atoms with Gasteiger partial charge < -0.3 is 10.6 Å². The number of hydrogen-bond donors (Lipinski definition) is 1. The molecule has 0 spiro atoms. The standard InChI is InChI=1S/C12H19N3/c1-10-4-3-6-14-11(10)15-7-5-12(2,8-13)9-15/h3-4,6H,5,7-9,13H2,1-2H3. The number of hydrogen-bond acceptors (Lipinski definition) is 3. The molecule has 1 aromatic rings. The van der Waals surface area contributed by atoms with E-state index in [1.165, 1.54) is 12.0 Å². The van der Waals surface area contributed by atoms with Gasteiger partial charge in [-0.2, -0.15) is 0 Å². The molecule has 3 nitrogen and oxygen atoms in total. The Morgan fingerprint density at radius 2 is 2.40 bits per heavy atom. The molecule has 2 rings (SSSR count). The molecule has 0 amide bonds. The van der Waals surface area contributed by atoms with Crippen LogP contribution in [0.5, 0.6) is 0 Å². The number of nitrogens with two attached hydrogens (primary N) is 1. The van der Waals surface area contributed by atoms with Crippen molar-refractivity contribution in [2.24, 2.45) is 11.1 Å². The maximum atomic E-state index is 5.80. The highest BCUT2D eigenvalue weighted by Gasteiger charge is 2.33. The Balaban J connectivity index is 2.18. The average Bonchev–Trinajstić information content (AvgIpc) is 2.63. The lowest BCUT2D eigenvalue weighted by atomic mass is 9.90. The minimum Gasteiger partial charge on any atom is -0.356 e. The first-order valence-electron chi connectivity index (χ1n) is 5.51. The molecule has 1 saturated heterocycles. The molecule has 1 atom stereocenters. The van der Waals surface area contributed by atoms with Gasteiger partial charge in [-0.05, 0) is 36.9 Å². The van der Waals surface area contributed by atoms with E-state index in [1.807, 2.05) is 12.3 Å². The molecular weight excluding hydrogens is 186 g/mol. The topological polar surface area (TPSA) is 42.2 Å². The quantitative estimate of drug-likeness (QED) is 0.796. The van der Waals surface area contributed by atoms with Gasteiger partial charge in [-0.3, -0.25) is 0 Å². The minimum atomic E-state index is 0.268. The van der Waals surface area contributed by atoms with E-state index in [0.717, 1.165) is 25.5 Å². The average molecular weight is 205 g/mol. The number of nitrogens with zero attached hydrogens (tertiary/aromatic N) is 2. The SMILES string of the molecule is Cc1cccnc1N1CCC(C)(CN)C1. The van der Waals surface area contributed by atoms with Crippen LogP contribution in [0.3, 0.4) is 0 Å². The molecule has 1 aliphatic rings. The molecule has 2 heterocycles. The summed E-state index contributed by atoms with van der Waals surface area (Å²) in [5, 5.41) is 0. The van der Waals surface area contributed by atoms with Gasteiger partial charge in [0.15, 0.2) is 0 Å². The van der Waals surface area contributed by atoms with Crippen LogP contribution in [0.4, 0.5) is 5.82 Å². The van der Waals surface area contributed by atoms with Crippen LogP contribution in [-0.4, -0.2) is 24.6 Å². The molecule has 3 heteroatoms. The Bertz CT molecular complexity index is 350. The first-order chi connectivity index (χ1) is 7.14. The van der Waals surface area contributed by atoms with Crippen LogP contribution >= 0.6 is 0 Å². The zero-order valence-corrected chi connectivity index (χ0v) is 9.53. The van der Waals surface area contributed by atoms with Crippen molar-refractivity contribution >= 4 is 5.82 Å². The molecule has 15 heavy (non-hydrogen) atoms. The third-order valence-electron chi connectivity index (χ3n) is 3.33. The second kappa shape index (κ2) is 3.81. The number of aromatic nitrogens is 1. The van der Waals surface area contributed by atoms with Crippen LogP contribution in [0.25, 0.3) is 0 Å². The van der Waals surface area contributed by atoms with E-state index in [9.17, 15) is 0 Å². The van der Waals surface area contributed by atoms with E-state index in [2.05, 4.69) is 29.8 Å². The summed E-state index contributed by atoms with van der Waals surface area (Å²) in [5.74, 6) is 1.12. The van der Waals surface area contributed by atoms with Gasteiger partial charge in [0.25, 0.3) is 0 Å². The molecule has 0 radical (unpaired) electrons. The van der Waals surface area contributed by atoms with Gasteiger partial charge in [0.1, 0.15) is 5.82 Å². The van der Waals surface area contributed by atoms with Gasteiger partial charge in [0.05, 0.1) is 0 Å². The molecule has 0 aromatic carbocycles. The lowest BCUT2D eigenvalue weighted by Gasteiger charge is -2.24. The van der Waals surface area contributed by atoms with Crippen LogP contribution in [0, 0.1) is 12.3 Å². The third-order valence-corrected chi connectivity index (χ3v) is 3.33. The summed E-state index contributed by atoms with van der Waals surface area (Å²) >= 11 is 0. The first-order valence-corrected chi connectivity index (χ1v) is 5.51. The van der Waals surface area contributed by atoms with Crippen molar-refractivity contribution in [2.45, 2.75) is 20.3 Å². The Kier molecular flexibility index (Phi) is 2.65. The second-order valence-electron chi connectivity index (χ2n) is 4.83. The highest BCUT2D eigenvalue weighted by Crippen LogP contribution is 2.32. The predicted molar refractivity (Wildman–Crippen MR) is 63.0 cm³/mol. The Labute approximate surface area is 91.3 Å². The Morgan fingerprint density at radius 3 is 3.00 bits per heavy atom. The normalized spacial score (nSPS) is 25.9. The summed E-state index contributed by atoms with van der Waals surface area (Å²) in [5.41, 5.74) is 7.32. The van der Waals surface area contributed by atoms with E-state index in [1.54, 1.807) is 0 Å². The fraction of sp³-hybridized carbons (Fsp3) is 0.583. The zero-order chi connectivity index (χ0) is 10.9. The van der Waals surface area contributed by atoms with E-state index < -0.39 is 0 Å². The summed E-state index contributed by atoms with van der Waals surface area (Å²) in [6, 6.07) is 4.09. The van der Waals surface area contributed by atoms with Gasteiger partial charge in [0.2, 0.25) is 0 Å². The summed E-state index contributed by atoms with van der Waals surface area (Å²) in [7, 11) is 0. The minimum absolute atomic E-state index is 0.268. The molecule has 1 fully saturated rings. The maximum Gasteiger partial charge on any atom is 0.131 e. The molecule has 1 aromatic heterocycles. The van der Waals surface area contributed by atoms with Crippen molar-refractivity contribution in [3.05, 3.63) is 23.9 Å². The van der Waals surface area contributed by atoms with Crippen molar-refractivity contribution < 1.29 is 0 Å². The second-order valence-corrected chi connectivity index (χ2v) is 4.83. The van der Waals surface area contributed by atoms with Gasteiger partial charge in [-0.1, -0.05) is 13.0 Å². The summed E-state index contributed by atoms with van der Waals surface area (Å²) < 4.78 is 0. The van der Waals surface area contributed by atoms with Crippen LogP contribution in [0.1, 0.15) is 18.9 Å². The van der Waals surface area contributed by atoms with Crippen LogP contribution in [0.15, 0.2) is 18.3 Å². The van der Waals surface area contributed by atoms with Crippen molar-refractivity contribution in [1.82, 2.24) is 4.98 Å². The molecule has 0 aliphatic carbocycles. The summed E-state index contributed by atoms with van der Waals surface area (Å²) in [6.45, 7) is 7.23. The lowest BCUT2D eigenvalue weighted by Crippen LogP contribution is -2.31. The molecule has 0 saturated carbocycles. The van der Waals surface area contributed by atoms with Crippen molar-refractivity contribution in [2.75, 3.05) is 24.5 Å². The third kappa shape index (κ3) is 1.97.